The first-order valence-corrected chi connectivity index (χ1v) is 6.67. The number of nitrogens with zero attached hydrogens (tertiary/aromatic N) is 2. The fourth-order valence-corrected chi connectivity index (χ4v) is 1.95. The minimum absolute atomic E-state index is 0.799. The van der Waals surface area contributed by atoms with Gasteiger partial charge in [-0.25, -0.2) is 0 Å². The van der Waals surface area contributed by atoms with Crippen LogP contribution < -0.4 is 5.32 Å². The van der Waals surface area contributed by atoms with Gasteiger partial charge in [-0.05, 0) is 12.5 Å². The third-order valence-electron chi connectivity index (χ3n) is 2.30. The van der Waals surface area contributed by atoms with Gasteiger partial charge >= 0.3 is 0 Å². The van der Waals surface area contributed by atoms with Gasteiger partial charge in [-0.15, -0.1) is 18.2 Å². The highest BCUT2D eigenvalue weighted by Gasteiger charge is 2.02. The van der Waals surface area contributed by atoms with E-state index in [0.717, 1.165) is 36.7 Å². The summed E-state index contributed by atoms with van der Waals surface area (Å²) in [4.78, 5) is 0. The number of hydrogen-bond donors (Lipinski definition) is 1. The molecule has 1 N–H and O–H groups in total. The van der Waals surface area contributed by atoms with Crippen molar-refractivity contribution in [1.82, 2.24) is 15.1 Å². The van der Waals surface area contributed by atoms with Gasteiger partial charge < -0.3 is 5.32 Å². The Balaban J connectivity index is 2.21. The maximum Gasteiger partial charge on any atom is 0.0625 e. The molecule has 16 heavy (non-hydrogen) atoms. The maximum absolute atomic E-state index is 5.17. The molecular formula is C12H19N3S. The molecule has 0 fully saturated rings. The van der Waals surface area contributed by atoms with Gasteiger partial charge in [0.05, 0.1) is 17.1 Å². The molecule has 0 aliphatic heterocycles. The number of nitrogens with one attached hydrogen (secondary N) is 1. The predicted octanol–water partition coefficient (Wildman–Crippen LogP) is 1.44. The highest BCUT2D eigenvalue weighted by Crippen LogP contribution is 2.03. The second-order valence-corrected chi connectivity index (χ2v) is 4.64. The van der Waals surface area contributed by atoms with E-state index in [9.17, 15) is 0 Å². The minimum atomic E-state index is 0.799. The normalized spacial score (nSPS) is 10.3. The molecule has 0 radical (unpaired) electrons. The van der Waals surface area contributed by atoms with Crippen molar-refractivity contribution < 1.29 is 0 Å². The molecule has 1 aromatic rings. The van der Waals surface area contributed by atoms with Crippen LogP contribution in [0.25, 0.3) is 0 Å². The molecule has 1 aromatic heterocycles. The lowest BCUT2D eigenvalue weighted by atomic mass is 10.3. The van der Waals surface area contributed by atoms with Crippen molar-refractivity contribution in [2.45, 2.75) is 19.9 Å². The molecule has 1 heterocycles. The summed E-state index contributed by atoms with van der Waals surface area (Å²) in [5.41, 5.74) is 2.39. The van der Waals surface area contributed by atoms with Crippen LogP contribution in [0.2, 0.25) is 0 Å². The molecule has 1 rings (SSSR count). The number of hydrogen-bond acceptors (Lipinski definition) is 3. The number of thioether (sulfide) groups is 1. The summed E-state index contributed by atoms with van der Waals surface area (Å²) >= 11 is 1.78. The summed E-state index contributed by atoms with van der Waals surface area (Å²) in [5.74, 6) is 4.47. The molecule has 0 spiro atoms. The van der Waals surface area contributed by atoms with Crippen LogP contribution in [0.4, 0.5) is 0 Å². The largest absolute Gasteiger partial charge is 0.310 e. The fourth-order valence-electron chi connectivity index (χ4n) is 1.40. The molecule has 0 aliphatic rings. The molecule has 0 saturated heterocycles. The van der Waals surface area contributed by atoms with Gasteiger partial charge in [0.2, 0.25) is 0 Å². The van der Waals surface area contributed by atoms with E-state index < -0.39 is 0 Å². The number of aryl methyl sites for hydroxylation is 2. The molecule has 0 unspecified atom stereocenters. The van der Waals surface area contributed by atoms with E-state index in [1.165, 1.54) is 5.69 Å². The smallest absolute Gasteiger partial charge is 0.0625 e. The van der Waals surface area contributed by atoms with Crippen LogP contribution in [0, 0.1) is 12.3 Å². The molecule has 0 bridgehead atoms. The lowest BCUT2D eigenvalue weighted by Gasteiger charge is -2.03. The average Bonchev–Trinajstić information content (AvgIpc) is 2.65. The maximum atomic E-state index is 5.17. The highest BCUT2D eigenvalue weighted by atomic mass is 32.2. The summed E-state index contributed by atoms with van der Waals surface area (Å²) < 4.78 is 1.94. The predicted molar refractivity (Wildman–Crippen MR) is 70.5 cm³/mol. The third kappa shape index (κ3) is 4.30. The van der Waals surface area contributed by atoms with E-state index in [4.69, 9.17) is 6.42 Å². The Hall–Kier alpha value is -0.920. The van der Waals surface area contributed by atoms with E-state index in [0.29, 0.717) is 0 Å². The third-order valence-corrected chi connectivity index (χ3v) is 3.17. The van der Waals surface area contributed by atoms with Crippen molar-refractivity contribution in [1.29, 1.82) is 0 Å². The molecule has 3 nitrogen and oxygen atoms in total. The van der Waals surface area contributed by atoms with Crippen molar-refractivity contribution in [3.05, 3.63) is 17.5 Å². The molecule has 4 heteroatoms. The van der Waals surface area contributed by atoms with Crippen LogP contribution in [-0.4, -0.2) is 27.8 Å². The monoisotopic (exact) mass is 237 g/mol. The number of rotatable bonds is 7. The lowest BCUT2D eigenvalue weighted by molar-refractivity contribution is 0.641. The van der Waals surface area contributed by atoms with Gasteiger partial charge in [0, 0.05) is 25.9 Å². The summed E-state index contributed by atoms with van der Waals surface area (Å²) in [5, 5.41) is 7.79. The van der Waals surface area contributed by atoms with Gasteiger partial charge in [0.25, 0.3) is 0 Å². The van der Waals surface area contributed by atoms with E-state index in [-0.39, 0.29) is 0 Å². The quantitative estimate of drug-likeness (QED) is 0.575. The van der Waals surface area contributed by atoms with Gasteiger partial charge in [0.1, 0.15) is 0 Å². The van der Waals surface area contributed by atoms with E-state index in [2.05, 4.69) is 29.3 Å². The molecule has 0 aromatic carbocycles. The van der Waals surface area contributed by atoms with Crippen LogP contribution >= 0.6 is 11.8 Å². The second kappa shape index (κ2) is 7.37. The van der Waals surface area contributed by atoms with Crippen LogP contribution in [0.15, 0.2) is 6.07 Å². The van der Waals surface area contributed by atoms with Crippen molar-refractivity contribution >= 4 is 11.8 Å². The molecule has 0 aliphatic carbocycles. The van der Waals surface area contributed by atoms with Gasteiger partial charge in [0.15, 0.2) is 0 Å². The summed E-state index contributed by atoms with van der Waals surface area (Å²) in [6, 6.07) is 2.15. The molecular weight excluding hydrogens is 218 g/mol. The van der Waals surface area contributed by atoms with Crippen LogP contribution in [0.1, 0.15) is 18.3 Å². The Morgan fingerprint density at radius 2 is 2.44 bits per heavy atom. The number of aromatic nitrogens is 2. The van der Waals surface area contributed by atoms with Crippen LogP contribution in [0.3, 0.4) is 0 Å². The fraction of sp³-hybridized carbons (Fsp3) is 0.583. The van der Waals surface area contributed by atoms with Crippen molar-refractivity contribution in [2.75, 3.05) is 18.1 Å². The van der Waals surface area contributed by atoms with E-state index in [1.54, 1.807) is 11.8 Å². The summed E-state index contributed by atoms with van der Waals surface area (Å²) in [7, 11) is 1.99. The zero-order valence-electron chi connectivity index (χ0n) is 9.99. The molecule has 88 valence electrons. The Kier molecular flexibility index (Phi) is 6.05. The van der Waals surface area contributed by atoms with E-state index >= 15 is 0 Å². The first-order valence-electron chi connectivity index (χ1n) is 5.51. The van der Waals surface area contributed by atoms with E-state index in [1.807, 2.05) is 11.7 Å². The Morgan fingerprint density at radius 3 is 3.06 bits per heavy atom. The Labute approximate surface area is 102 Å². The Bertz CT molecular complexity index is 352. The summed E-state index contributed by atoms with van der Waals surface area (Å²) in [6.45, 7) is 3.98. The van der Waals surface area contributed by atoms with Gasteiger partial charge in [-0.1, -0.05) is 12.8 Å². The van der Waals surface area contributed by atoms with Crippen LogP contribution in [-0.2, 0) is 20.0 Å². The topological polar surface area (TPSA) is 29.9 Å². The zero-order chi connectivity index (χ0) is 11.8. The zero-order valence-corrected chi connectivity index (χ0v) is 10.8. The van der Waals surface area contributed by atoms with Crippen molar-refractivity contribution in [3.63, 3.8) is 0 Å². The summed E-state index contributed by atoms with van der Waals surface area (Å²) in [6.07, 6.45) is 6.16. The minimum Gasteiger partial charge on any atom is -0.310 e. The van der Waals surface area contributed by atoms with Gasteiger partial charge in [-0.3, -0.25) is 4.68 Å². The van der Waals surface area contributed by atoms with Crippen molar-refractivity contribution in [3.8, 4) is 12.3 Å². The SMILES string of the molecule is C#CCSCCNCc1cc(CC)nn1C. The molecule has 0 atom stereocenters. The van der Waals surface area contributed by atoms with Crippen LogP contribution in [0.5, 0.6) is 0 Å². The molecule has 0 amide bonds. The lowest BCUT2D eigenvalue weighted by Crippen LogP contribution is -2.18. The van der Waals surface area contributed by atoms with Crippen molar-refractivity contribution in [2.24, 2.45) is 7.05 Å². The first kappa shape index (κ1) is 13.1. The number of terminal acetylenes is 1. The highest BCUT2D eigenvalue weighted by molar-refractivity contribution is 7.99. The Morgan fingerprint density at radius 1 is 1.62 bits per heavy atom. The molecule has 0 saturated carbocycles. The second-order valence-electron chi connectivity index (χ2n) is 3.54. The first-order chi connectivity index (χ1) is 7.77. The van der Waals surface area contributed by atoms with Gasteiger partial charge in [-0.2, -0.15) is 5.10 Å². The average molecular weight is 237 g/mol. The standard InChI is InChI=1S/C12H19N3S/c1-4-7-16-8-6-13-10-12-9-11(5-2)14-15(12)3/h1,9,13H,5-8,10H2,2-3H3.